The van der Waals surface area contributed by atoms with Crippen LogP contribution < -0.4 is 5.32 Å². The minimum absolute atomic E-state index is 0.135. The molecule has 0 bridgehead atoms. The Hall–Kier alpha value is -2.53. The summed E-state index contributed by atoms with van der Waals surface area (Å²) in [6.07, 6.45) is 5.81. The molecular weight excluding hydrogens is 370 g/mol. The van der Waals surface area contributed by atoms with Gasteiger partial charge in [-0.3, -0.25) is 10.00 Å². The van der Waals surface area contributed by atoms with Gasteiger partial charge in [-0.05, 0) is 25.0 Å². The van der Waals surface area contributed by atoms with Crippen molar-refractivity contribution in [2.75, 3.05) is 25.5 Å². The number of rotatable bonds is 5. The van der Waals surface area contributed by atoms with Gasteiger partial charge in [0.25, 0.3) is 0 Å². The first-order valence-electron chi connectivity index (χ1n) is 8.70. The third kappa shape index (κ3) is 4.61. The predicted molar refractivity (Wildman–Crippen MR) is 98.3 cm³/mol. The van der Waals surface area contributed by atoms with Crippen LogP contribution in [0.5, 0.6) is 0 Å². The summed E-state index contributed by atoms with van der Waals surface area (Å²) in [7, 11) is -0.158. The molecule has 10 nitrogen and oxygen atoms in total. The van der Waals surface area contributed by atoms with Crippen molar-refractivity contribution in [2.45, 2.75) is 30.7 Å². The Morgan fingerprint density at radius 2 is 2.00 bits per heavy atom. The maximum Gasteiger partial charge on any atom is 0.323 e. The molecule has 3 rings (SSSR count). The molecule has 1 fully saturated rings. The number of urea groups is 1. The second-order valence-corrected chi connectivity index (χ2v) is 8.45. The van der Waals surface area contributed by atoms with Gasteiger partial charge < -0.3 is 4.90 Å². The third-order valence-corrected chi connectivity index (χ3v) is 6.20. The summed E-state index contributed by atoms with van der Waals surface area (Å²) in [5.74, 6) is 0.281. The number of hydrogen-bond acceptors (Lipinski definition) is 6. The number of aromatic nitrogens is 4. The summed E-state index contributed by atoms with van der Waals surface area (Å²) < 4.78 is 28.3. The molecule has 1 saturated heterocycles. The minimum atomic E-state index is -3.53. The Balaban J connectivity index is 1.62. The molecule has 1 N–H and O–H groups in total. The molecule has 2 aromatic heterocycles. The summed E-state index contributed by atoms with van der Waals surface area (Å²) in [5.41, 5.74) is 0.658. The van der Waals surface area contributed by atoms with Crippen LogP contribution in [0.25, 0.3) is 0 Å². The second kappa shape index (κ2) is 8.01. The van der Waals surface area contributed by atoms with Crippen LogP contribution in [0.3, 0.4) is 0 Å². The van der Waals surface area contributed by atoms with E-state index in [0.717, 1.165) is 19.3 Å². The number of carbonyl (C=O) groups is 1. The largest absolute Gasteiger partial charge is 0.323 e. The number of amides is 2. The molecule has 2 aromatic rings. The van der Waals surface area contributed by atoms with E-state index >= 15 is 0 Å². The highest BCUT2D eigenvalue weighted by molar-refractivity contribution is 7.89. The summed E-state index contributed by atoms with van der Waals surface area (Å²) in [6.45, 7) is 1.36. The van der Waals surface area contributed by atoms with E-state index in [0.29, 0.717) is 25.3 Å². The van der Waals surface area contributed by atoms with Crippen molar-refractivity contribution < 1.29 is 13.2 Å². The standard InChI is InChI=1S/C16H23N7O3S/c1-21(11-13-12-22(2)20-19-13)16(24)18-15-7-6-14(10-17-15)27(25,26)23-8-4-3-5-9-23/h6-7,10,12H,3-5,8-9,11H2,1-2H3,(H,17,18,24). The molecule has 0 aromatic carbocycles. The smallest absolute Gasteiger partial charge is 0.322 e. The van der Waals surface area contributed by atoms with E-state index in [1.165, 1.54) is 27.5 Å². The van der Waals surface area contributed by atoms with Gasteiger partial charge in [-0.15, -0.1) is 5.10 Å². The Bertz CT molecular complexity index is 889. The number of sulfonamides is 1. The molecule has 2 amide bonds. The molecule has 27 heavy (non-hydrogen) atoms. The molecule has 1 aliphatic rings. The van der Waals surface area contributed by atoms with Crippen LogP contribution in [0.2, 0.25) is 0 Å². The lowest BCUT2D eigenvalue weighted by Gasteiger charge is -2.25. The zero-order chi connectivity index (χ0) is 19.4. The van der Waals surface area contributed by atoms with Gasteiger partial charge in [-0.25, -0.2) is 18.2 Å². The molecule has 11 heteroatoms. The van der Waals surface area contributed by atoms with Gasteiger partial charge in [0.1, 0.15) is 16.4 Å². The van der Waals surface area contributed by atoms with Gasteiger partial charge in [0.2, 0.25) is 10.0 Å². The van der Waals surface area contributed by atoms with E-state index in [1.807, 2.05) is 0 Å². The van der Waals surface area contributed by atoms with Crippen molar-refractivity contribution >= 4 is 21.9 Å². The SMILES string of the molecule is CN(Cc1cn(C)nn1)C(=O)Nc1ccc(S(=O)(=O)N2CCCCC2)cn1. The molecule has 0 atom stereocenters. The Morgan fingerprint density at radius 3 is 2.59 bits per heavy atom. The van der Waals surface area contributed by atoms with Gasteiger partial charge >= 0.3 is 6.03 Å². The number of pyridine rings is 1. The topological polar surface area (TPSA) is 113 Å². The van der Waals surface area contributed by atoms with E-state index in [4.69, 9.17) is 0 Å². The van der Waals surface area contributed by atoms with Crippen LogP contribution in [0.4, 0.5) is 10.6 Å². The van der Waals surface area contributed by atoms with Gasteiger partial charge in [0, 0.05) is 39.6 Å². The zero-order valence-corrected chi connectivity index (χ0v) is 16.2. The summed E-state index contributed by atoms with van der Waals surface area (Å²) in [4.78, 5) is 17.9. The molecule has 1 aliphatic heterocycles. The number of hydrogen-bond donors (Lipinski definition) is 1. The van der Waals surface area contributed by atoms with Crippen molar-refractivity contribution in [1.82, 2.24) is 29.2 Å². The fraction of sp³-hybridized carbons (Fsp3) is 0.500. The van der Waals surface area contributed by atoms with E-state index in [9.17, 15) is 13.2 Å². The Labute approximate surface area is 158 Å². The zero-order valence-electron chi connectivity index (χ0n) is 15.4. The van der Waals surface area contributed by atoms with E-state index in [2.05, 4.69) is 20.6 Å². The summed E-state index contributed by atoms with van der Waals surface area (Å²) in [5, 5.41) is 10.4. The van der Waals surface area contributed by atoms with Crippen LogP contribution in [0.1, 0.15) is 25.0 Å². The van der Waals surface area contributed by atoms with Crippen molar-refractivity contribution in [1.29, 1.82) is 0 Å². The van der Waals surface area contributed by atoms with Crippen molar-refractivity contribution in [3.8, 4) is 0 Å². The average Bonchev–Trinajstić information content (AvgIpc) is 3.07. The summed E-state index contributed by atoms with van der Waals surface area (Å²) in [6, 6.07) is 2.58. The lowest BCUT2D eigenvalue weighted by molar-refractivity contribution is 0.220. The van der Waals surface area contributed by atoms with Crippen LogP contribution in [-0.2, 0) is 23.6 Å². The van der Waals surface area contributed by atoms with Crippen LogP contribution in [0.15, 0.2) is 29.4 Å². The van der Waals surface area contributed by atoms with Crippen molar-refractivity contribution in [2.24, 2.45) is 7.05 Å². The molecular formula is C16H23N7O3S. The van der Waals surface area contributed by atoms with Crippen molar-refractivity contribution in [3.63, 3.8) is 0 Å². The Morgan fingerprint density at radius 1 is 1.26 bits per heavy atom. The van der Waals surface area contributed by atoms with Crippen molar-refractivity contribution in [3.05, 3.63) is 30.2 Å². The molecule has 0 saturated carbocycles. The monoisotopic (exact) mass is 393 g/mol. The van der Waals surface area contributed by atoms with E-state index in [-0.39, 0.29) is 16.7 Å². The fourth-order valence-corrected chi connectivity index (χ4v) is 4.31. The van der Waals surface area contributed by atoms with Crippen LogP contribution >= 0.6 is 0 Å². The van der Waals surface area contributed by atoms with Gasteiger partial charge in [0.15, 0.2) is 0 Å². The Kier molecular flexibility index (Phi) is 5.71. The fourth-order valence-electron chi connectivity index (χ4n) is 2.85. The highest BCUT2D eigenvalue weighted by atomic mass is 32.2. The van der Waals surface area contributed by atoms with E-state index in [1.54, 1.807) is 25.0 Å². The number of nitrogens with zero attached hydrogens (tertiary/aromatic N) is 6. The molecule has 0 unspecified atom stereocenters. The molecule has 0 radical (unpaired) electrons. The highest BCUT2D eigenvalue weighted by Gasteiger charge is 2.26. The first-order valence-corrected chi connectivity index (χ1v) is 10.1. The summed E-state index contributed by atoms with van der Waals surface area (Å²) >= 11 is 0. The maximum atomic E-state index is 12.6. The van der Waals surface area contributed by atoms with Gasteiger partial charge in [-0.1, -0.05) is 11.6 Å². The number of nitrogens with one attached hydrogen (secondary N) is 1. The first-order chi connectivity index (χ1) is 12.9. The highest BCUT2D eigenvalue weighted by Crippen LogP contribution is 2.20. The molecule has 0 spiro atoms. The minimum Gasteiger partial charge on any atom is -0.322 e. The number of anilines is 1. The maximum absolute atomic E-state index is 12.6. The van der Waals surface area contributed by atoms with Crippen LogP contribution in [0, 0.1) is 0 Å². The number of piperidine rings is 1. The molecule has 3 heterocycles. The second-order valence-electron chi connectivity index (χ2n) is 6.51. The molecule has 0 aliphatic carbocycles. The first kappa shape index (κ1) is 19.2. The number of aryl methyl sites for hydroxylation is 1. The van der Waals surface area contributed by atoms with Crippen LogP contribution in [-0.4, -0.2) is 63.8 Å². The average molecular weight is 393 g/mol. The normalized spacial score (nSPS) is 15.5. The lowest BCUT2D eigenvalue weighted by Crippen LogP contribution is -2.35. The predicted octanol–water partition coefficient (Wildman–Crippen LogP) is 1.05. The number of carbonyl (C=O) groups excluding carboxylic acids is 1. The lowest BCUT2D eigenvalue weighted by atomic mass is 10.2. The van der Waals surface area contributed by atoms with Gasteiger partial charge in [0.05, 0.1) is 6.54 Å². The van der Waals surface area contributed by atoms with E-state index < -0.39 is 10.0 Å². The quantitative estimate of drug-likeness (QED) is 0.812. The molecule has 146 valence electrons. The third-order valence-electron chi connectivity index (χ3n) is 4.32. The van der Waals surface area contributed by atoms with Gasteiger partial charge in [-0.2, -0.15) is 4.31 Å².